The van der Waals surface area contributed by atoms with Crippen molar-refractivity contribution >= 4 is 28.0 Å². The molecule has 0 bridgehead atoms. The highest BCUT2D eigenvalue weighted by molar-refractivity contribution is 5.76. The van der Waals surface area contributed by atoms with Crippen molar-refractivity contribution in [2.75, 3.05) is 18.5 Å². The molecule has 3 N–H and O–H groups in total. The van der Waals surface area contributed by atoms with E-state index in [2.05, 4.69) is 25.0 Å². The van der Waals surface area contributed by atoms with E-state index in [0.29, 0.717) is 30.1 Å². The number of H-pyrrole nitrogens is 1. The predicted octanol–water partition coefficient (Wildman–Crippen LogP) is 0.894. The second-order valence-electron chi connectivity index (χ2n) is 6.67. The molecule has 1 unspecified atom stereocenters. The minimum Gasteiger partial charge on any atom is -0.344 e. The van der Waals surface area contributed by atoms with Gasteiger partial charge in [-0.2, -0.15) is 5.10 Å². The molecule has 27 heavy (non-hydrogen) atoms. The van der Waals surface area contributed by atoms with Crippen LogP contribution in [0.4, 0.5) is 5.95 Å². The van der Waals surface area contributed by atoms with Crippen LogP contribution >= 0.6 is 0 Å². The van der Waals surface area contributed by atoms with Gasteiger partial charge in [0.2, 0.25) is 5.95 Å². The van der Waals surface area contributed by atoms with Crippen LogP contribution in [0.1, 0.15) is 12.5 Å². The van der Waals surface area contributed by atoms with Crippen LogP contribution < -0.4 is 16.2 Å². The minimum atomic E-state index is -0.247. The predicted molar refractivity (Wildman–Crippen MR) is 104 cm³/mol. The smallest absolute Gasteiger partial charge is 0.295 e. The van der Waals surface area contributed by atoms with Crippen molar-refractivity contribution in [2.45, 2.75) is 19.5 Å². The molecule has 0 spiro atoms. The highest BCUT2D eigenvalue weighted by Gasteiger charge is 2.13. The lowest BCUT2D eigenvalue weighted by Crippen LogP contribution is -2.33. The van der Waals surface area contributed by atoms with Crippen LogP contribution in [0.3, 0.4) is 0 Å². The maximum absolute atomic E-state index is 12.8. The summed E-state index contributed by atoms with van der Waals surface area (Å²) in [6, 6.07) is 5.71. The van der Waals surface area contributed by atoms with Crippen LogP contribution in [0, 0.1) is 0 Å². The zero-order chi connectivity index (χ0) is 19.0. The van der Waals surface area contributed by atoms with E-state index in [4.69, 9.17) is 5.73 Å². The number of aromatic nitrogens is 6. The molecule has 0 radical (unpaired) electrons. The molecule has 0 saturated heterocycles. The third-order valence-electron chi connectivity index (χ3n) is 4.27. The number of imidazole rings is 1. The van der Waals surface area contributed by atoms with Crippen molar-refractivity contribution in [2.24, 2.45) is 5.73 Å². The number of benzene rings is 1. The zero-order valence-electron chi connectivity index (χ0n) is 15.1. The van der Waals surface area contributed by atoms with E-state index >= 15 is 0 Å². The molecule has 0 aliphatic rings. The monoisotopic (exact) mass is 364 g/mol. The third kappa shape index (κ3) is 3.36. The molecular formula is C18H20N8O. The molecule has 3 heterocycles. The molecule has 0 amide bonds. The molecule has 4 aromatic rings. The lowest BCUT2D eigenvalue weighted by molar-refractivity contribution is 0.646. The second kappa shape index (κ2) is 6.76. The number of nitrogens with zero attached hydrogens (tertiary/aromatic N) is 6. The zero-order valence-corrected chi connectivity index (χ0v) is 15.1. The number of nitrogens with one attached hydrogen (secondary N) is 1. The summed E-state index contributed by atoms with van der Waals surface area (Å²) >= 11 is 0. The lowest BCUT2D eigenvalue weighted by Gasteiger charge is -2.17. The molecule has 4 rings (SSSR count). The van der Waals surface area contributed by atoms with Crippen molar-refractivity contribution in [3.8, 4) is 0 Å². The Morgan fingerprint density at radius 3 is 2.81 bits per heavy atom. The number of aromatic amines is 1. The van der Waals surface area contributed by atoms with Crippen molar-refractivity contribution in [1.82, 2.24) is 29.7 Å². The van der Waals surface area contributed by atoms with Gasteiger partial charge >= 0.3 is 0 Å². The Balaban J connectivity index is 1.67. The Morgan fingerprint density at radius 1 is 1.26 bits per heavy atom. The van der Waals surface area contributed by atoms with Gasteiger partial charge in [-0.25, -0.2) is 9.67 Å². The van der Waals surface area contributed by atoms with Gasteiger partial charge in [-0.1, -0.05) is 6.07 Å². The number of fused-ring (bicyclic) bond motifs is 2. The molecule has 1 atom stereocenters. The van der Waals surface area contributed by atoms with Gasteiger partial charge in [0.05, 0.1) is 29.3 Å². The Labute approximate surface area is 154 Å². The molecule has 0 saturated carbocycles. The highest BCUT2D eigenvalue weighted by atomic mass is 16.1. The third-order valence-corrected chi connectivity index (χ3v) is 4.27. The molecule has 0 aliphatic heterocycles. The number of anilines is 1. The van der Waals surface area contributed by atoms with Crippen molar-refractivity contribution in [3.05, 3.63) is 52.7 Å². The van der Waals surface area contributed by atoms with Gasteiger partial charge in [0.15, 0.2) is 5.52 Å². The van der Waals surface area contributed by atoms with E-state index in [9.17, 15) is 4.79 Å². The van der Waals surface area contributed by atoms with Gasteiger partial charge < -0.3 is 15.6 Å². The van der Waals surface area contributed by atoms with E-state index in [0.717, 1.165) is 16.6 Å². The average molecular weight is 364 g/mol. The summed E-state index contributed by atoms with van der Waals surface area (Å²) in [4.78, 5) is 30.8. The Morgan fingerprint density at radius 2 is 2.04 bits per heavy atom. The molecular weight excluding hydrogens is 344 g/mol. The summed E-state index contributed by atoms with van der Waals surface area (Å²) in [6.45, 7) is 2.88. The highest BCUT2D eigenvalue weighted by Crippen LogP contribution is 2.14. The molecule has 0 aliphatic carbocycles. The Hall–Kier alpha value is -3.33. The van der Waals surface area contributed by atoms with Gasteiger partial charge in [-0.15, -0.1) is 0 Å². The van der Waals surface area contributed by atoms with E-state index < -0.39 is 0 Å². The number of hydrogen-bond donors (Lipinski definition) is 2. The maximum atomic E-state index is 12.8. The molecule has 138 valence electrons. The fraction of sp³-hybridized carbons (Fsp3) is 0.278. The molecule has 1 aromatic carbocycles. The molecule has 0 fully saturated rings. The van der Waals surface area contributed by atoms with Crippen LogP contribution in [0.2, 0.25) is 0 Å². The Bertz CT molecular complexity index is 1160. The molecule has 9 nitrogen and oxygen atoms in total. The van der Waals surface area contributed by atoms with Gasteiger partial charge in [-0.05, 0) is 24.6 Å². The fourth-order valence-electron chi connectivity index (χ4n) is 3.02. The van der Waals surface area contributed by atoms with E-state index in [1.807, 2.05) is 37.1 Å². The SMILES string of the molecule is CC(N)CN(C)c1nc2c(=O)n(Cc3ccc4nccnc4c3)ncc2[nH]1. The standard InChI is InChI=1S/C18H20N8O/c1-11(19)9-25(2)18-23-15-8-22-26(17(27)16(15)24-18)10-12-3-4-13-14(7-12)21-6-5-20-13/h3-8,11H,9-10,19H2,1-2H3,(H,23,24). The van der Waals surface area contributed by atoms with Crippen LogP contribution in [-0.4, -0.2) is 49.4 Å². The lowest BCUT2D eigenvalue weighted by atomic mass is 10.2. The van der Waals surface area contributed by atoms with Crippen LogP contribution in [-0.2, 0) is 6.54 Å². The normalized spacial score (nSPS) is 12.6. The number of likely N-dealkylation sites (N-methyl/N-ethyl adjacent to an activating group) is 1. The quantitative estimate of drug-likeness (QED) is 0.540. The summed E-state index contributed by atoms with van der Waals surface area (Å²) < 4.78 is 1.40. The number of rotatable bonds is 5. The summed E-state index contributed by atoms with van der Waals surface area (Å²) in [5.74, 6) is 0.597. The first kappa shape index (κ1) is 17.1. The first-order chi connectivity index (χ1) is 13.0. The summed E-state index contributed by atoms with van der Waals surface area (Å²) in [7, 11) is 1.88. The first-order valence-electron chi connectivity index (χ1n) is 8.63. The topological polar surface area (TPSA) is 119 Å². The fourth-order valence-corrected chi connectivity index (χ4v) is 3.02. The van der Waals surface area contributed by atoms with Crippen LogP contribution in [0.15, 0.2) is 41.6 Å². The van der Waals surface area contributed by atoms with Gasteiger partial charge in [0, 0.05) is 32.0 Å². The van der Waals surface area contributed by atoms with Crippen molar-refractivity contribution in [1.29, 1.82) is 0 Å². The summed E-state index contributed by atoms with van der Waals surface area (Å²) in [5.41, 5.74) is 9.06. The number of nitrogens with two attached hydrogens (primary N) is 1. The van der Waals surface area contributed by atoms with Crippen LogP contribution in [0.25, 0.3) is 22.1 Å². The summed E-state index contributed by atoms with van der Waals surface area (Å²) in [6.07, 6.45) is 4.92. The number of hydrogen-bond acceptors (Lipinski definition) is 7. The van der Waals surface area contributed by atoms with Gasteiger partial charge in [0.1, 0.15) is 0 Å². The first-order valence-corrected chi connectivity index (χ1v) is 8.63. The average Bonchev–Trinajstić information content (AvgIpc) is 3.09. The van der Waals surface area contributed by atoms with Crippen LogP contribution in [0.5, 0.6) is 0 Å². The van der Waals surface area contributed by atoms with E-state index in [-0.39, 0.29) is 11.6 Å². The van der Waals surface area contributed by atoms with Crippen molar-refractivity contribution in [3.63, 3.8) is 0 Å². The Kier molecular flexibility index (Phi) is 4.28. The molecule has 3 aromatic heterocycles. The van der Waals surface area contributed by atoms with E-state index in [1.54, 1.807) is 18.6 Å². The van der Waals surface area contributed by atoms with Gasteiger partial charge in [0.25, 0.3) is 5.56 Å². The van der Waals surface area contributed by atoms with E-state index in [1.165, 1.54) is 4.68 Å². The summed E-state index contributed by atoms with van der Waals surface area (Å²) in [5, 5.41) is 4.27. The largest absolute Gasteiger partial charge is 0.344 e. The minimum absolute atomic E-state index is 0.00556. The molecule has 9 heteroatoms. The second-order valence-corrected chi connectivity index (χ2v) is 6.67. The van der Waals surface area contributed by atoms with Gasteiger partial charge in [-0.3, -0.25) is 14.8 Å². The maximum Gasteiger partial charge on any atom is 0.295 e. The van der Waals surface area contributed by atoms with Crippen molar-refractivity contribution < 1.29 is 0 Å².